The van der Waals surface area contributed by atoms with E-state index in [0.29, 0.717) is 6.42 Å². The summed E-state index contributed by atoms with van der Waals surface area (Å²) in [6.07, 6.45) is 3.60. The Labute approximate surface area is 115 Å². The van der Waals surface area contributed by atoms with Gasteiger partial charge in [0, 0.05) is 12.6 Å². The Balaban J connectivity index is 1.74. The first-order chi connectivity index (χ1) is 9.83. The monoisotopic (exact) mass is 266 g/mol. The number of anilines is 1. The third-order valence-electron chi connectivity index (χ3n) is 3.85. The lowest BCUT2D eigenvalue weighted by molar-refractivity contribution is 0.165. The van der Waals surface area contributed by atoms with Gasteiger partial charge in [0.1, 0.15) is 17.8 Å². The summed E-state index contributed by atoms with van der Waals surface area (Å²) in [5.74, 6) is 0.747. The first-order valence-corrected chi connectivity index (χ1v) is 6.63. The Morgan fingerprint density at radius 1 is 1.20 bits per heavy atom. The molecule has 0 saturated carbocycles. The zero-order valence-corrected chi connectivity index (χ0v) is 10.7. The van der Waals surface area contributed by atoms with Crippen molar-refractivity contribution in [3.63, 3.8) is 0 Å². The van der Waals surface area contributed by atoms with Crippen LogP contribution < -0.4 is 5.32 Å². The molecule has 0 bridgehead atoms. The van der Waals surface area contributed by atoms with Crippen molar-refractivity contribution >= 4 is 16.9 Å². The van der Waals surface area contributed by atoms with E-state index in [2.05, 4.69) is 32.4 Å². The van der Waals surface area contributed by atoms with Crippen molar-refractivity contribution in [2.24, 2.45) is 0 Å². The number of nitrogens with one attached hydrogen (secondary N) is 2. The van der Waals surface area contributed by atoms with Crippen LogP contribution in [-0.2, 0) is 6.42 Å². The number of aliphatic hydroxyl groups excluding tert-OH is 1. The van der Waals surface area contributed by atoms with E-state index in [1.54, 1.807) is 0 Å². The Kier molecular flexibility index (Phi) is 2.47. The second-order valence-corrected chi connectivity index (χ2v) is 5.05. The van der Waals surface area contributed by atoms with Crippen molar-refractivity contribution in [1.29, 1.82) is 0 Å². The molecule has 0 radical (unpaired) electrons. The highest BCUT2D eigenvalue weighted by atomic mass is 16.3. The van der Waals surface area contributed by atoms with Gasteiger partial charge in [0.2, 0.25) is 0 Å². The van der Waals surface area contributed by atoms with Crippen LogP contribution in [0.1, 0.15) is 17.2 Å². The zero-order chi connectivity index (χ0) is 13.5. The van der Waals surface area contributed by atoms with E-state index in [1.165, 1.54) is 11.9 Å². The van der Waals surface area contributed by atoms with Gasteiger partial charge < -0.3 is 15.4 Å². The molecule has 0 unspecified atom stereocenters. The number of fused-ring (bicyclic) bond motifs is 2. The van der Waals surface area contributed by atoms with Gasteiger partial charge in [-0.1, -0.05) is 24.3 Å². The number of aliphatic hydroxyl groups is 1. The summed E-state index contributed by atoms with van der Waals surface area (Å²) in [6, 6.07) is 9.93. The maximum Gasteiger partial charge on any atom is 0.142 e. The van der Waals surface area contributed by atoms with Crippen molar-refractivity contribution in [1.82, 2.24) is 15.0 Å². The van der Waals surface area contributed by atoms with Crippen LogP contribution in [0.5, 0.6) is 0 Å². The fraction of sp³-hybridized carbons (Fsp3) is 0.200. The smallest absolute Gasteiger partial charge is 0.142 e. The molecule has 2 heterocycles. The minimum atomic E-state index is -0.434. The van der Waals surface area contributed by atoms with Crippen LogP contribution in [0, 0.1) is 0 Å². The molecule has 2 aromatic heterocycles. The third kappa shape index (κ3) is 1.67. The first kappa shape index (κ1) is 11.4. The predicted octanol–water partition coefficient (Wildman–Crippen LogP) is 2.03. The molecule has 0 amide bonds. The number of nitrogens with zero attached hydrogens (tertiary/aromatic N) is 2. The lowest BCUT2D eigenvalue weighted by Gasteiger charge is -2.18. The normalized spacial score (nSPS) is 21.1. The summed E-state index contributed by atoms with van der Waals surface area (Å²) in [7, 11) is 0. The molecule has 2 atom stereocenters. The number of rotatable bonds is 2. The van der Waals surface area contributed by atoms with Gasteiger partial charge in [0.25, 0.3) is 0 Å². The SMILES string of the molecule is O[C@H]1Cc2ccccc2[C@H]1Nc1ncnc2[nH]ccc12. The topological polar surface area (TPSA) is 73.8 Å². The molecule has 5 heteroatoms. The molecule has 3 N–H and O–H groups in total. The maximum absolute atomic E-state index is 10.3. The number of aromatic amines is 1. The summed E-state index contributed by atoms with van der Waals surface area (Å²) in [5, 5.41) is 14.6. The number of aromatic nitrogens is 3. The summed E-state index contributed by atoms with van der Waals surface area (Å²) in [6.45, 7) is 0. The van der Waals surface area contributed by atoms with Gasteiger partial charge in [-0.25, -0.2) is 9.97 Å². The number of benzene rings is 1. The highest BCUT2D eigenvalue weighted by Crippen LogP contribution is 2.34. The first-order valence-electron chi connectivity index (χ1n) is 6.63. The number of H-pyrrole nitrogens is 1. The van der Waals surface area contributed by atoms with Gasteiger partial charge in [0.15, 0.2) is 0 Å². The van der Waals surface area contributed by atoms with Crippen molar-refractivity contribution in [2.45, 2.75) is 18.6 Å². The Morgan fingerprint density at radius 2 is 2.10 bits per heavy atom. The van der Waals surface area contributed by atoms with Gasteiger partial charge >= 0.3 is 0 Å². The lowest BCUT2D eigenvalue weighted by atomic mass is 10.1. The van der Waals surface area contributed by atoms with E-state index in [0.717, 1.165) is 22.4 Å². The molecule has 0 fully saturated rings. The summed E-state index contributed by atoms with van der Waals surface area (Å²) in [4.78, 5) is 11.5. The lowest BCUT2D eigenvalue weighted by Crippen LogP contribution is -2.21. The van der Waals surface area contributed by atoms with Crippen LogP contribution >= 0.6 is 0 Å². The molecule has 0 aliphatic heterocycles. The molecular formula is C15H14N4O. The van der Waals surface area contributed by atoms with E-state index in [1.807, 2.05) is 24.4 Å². The molecule has 100 valence electrons. The highest BCUT2D eigenvalue weighted by Gasteiger charge is 2.31. The molecule has 0 saturated heterocycles. The van der Waals surface area contributed by atoms with E-state index >= 15 is 0 Å². The average molecular weight is 266 g/mol. The van der Waals surface area contributed by atoms with Gasteiger partial charge in [-0.2, -0.15) is 0 Å². The van der Waals surface area contributed by atoms with Crippen LogP contribution in [0.15, 0.2) is 42.9 Å². The highest BCUT2D eigenvalue weighted by molar-refractivity contribution is 5.86. The average Bonchev–Trinajstić information content (AvgIpc) is 3.05. The van der Waals surface area contributed by atoms with Crippen molar-refractivity contribution in [3.05, 3.63) is 54.0 Å². The Bertz CT molecular complexity index is 767. The van der Waals surface area contributed by atoms with Gasteiger partial charge in [0.05, 0.1) is 17.5 Å². The van der Waals surface area contributed by atoms with Crippen molar-refractivity contribution in [3.8, 4) is 0 Å². The van der Waals surface area contributed by atoms with E-state index in [-0.39, 0.29) is 6.04 Å². The minimum absolute atomic E-state index is 0.126. The largest absolute Gasteiger partial charge is 0.390 e. The van der Waals surface area contributed by atoms with E-state index in [9.17, 15) is 5.11 Å². The van der Waals surface area contributed by atoms with Crippen molar-refractivity contribution in [2.75, 3.05) is 5.32 Å². The summed E-state index contributed by atoms with van der Waals surface area (Å²) >= 11 is 0. The molecule has 20 heavy (non-hydrogen) atoms. The predicted molar refractivity (Wildman–Crippen MR) is 76.4 cm³/mol. The zero-order valence-electron chi connectivity index (χ0n) is 10.7. The summed E-state index contributed by atoms with van der Waals surface area (Å²) in [5.41, 5.74) is 3.13. The van der Waals surface area contributed by atoms with Gasteiger partial charge in [-0.05, 0) is 17.2 Å². The quantitative estimate of drug-likeness (QED) is 0.663. The molecule has 1 aliphatic rings. The Hall–Kier alpha value is -2.40. The third-order valence-corrected chi connectivity index (χ3v) is 3.85. The fourth-order valence-electron chi connectivity index (χ4n) is 2.88. The molecule has 4 rings (SSSR count). The van der Waals surface area contributed by atoms with E-state index in [4.69, 9.17) is 0 Å². The van der Waals surface area contributed by atoms with Crippen LogP contribution in [0.2, 0.25) is 0 Å². The second-order valence-electron chi connectivity index (χ2n) is 5.05. The molecule has 1 aromatic carbocycles. The molecule has 0 spiro atoms. The van der Waals surface area contributed by atoms with Gasteiger partial charge in [-0.15, -0.1) is 0 Å². The molecule has 3 aromatic rings. The van der Waals surface area contributed by atoms with Crippen LogP contribution in [0.25, 0.3) is 11.0 Å². The second kappa shape index (κ2) is 4.31. The molecule has 5 nitrogen and oxygen atoms in total. The Morgan fingerprint density at radius 3 is 3.05 bits per heavy atom. The van der Waals surface area contributed by atoms with Gasteiger partial charge in [-0.3, -0.25) is 0 Å². The standard InChI is InChI=1S/C15H14N4O/c20-12-7-9-3-1-2-4-10(9)13(12)19-15-11-5-6-16-14(11)17-8-18-15/h1-6,8,12-13,20H,7H2,(H2,16,17,18,19)/t12-,13+/m0/s1. The van der Waals surface area contributed by atoms with Crippen LogP contribution in [0.3, 0.4) is 0 Å². The number of hydrogen-bond donors (Lipinski definition) is 3. The molecule has 1 aliphatic carbocycles. The summed E-state index contributed by atoms with van der Waals surface area (Å²) < 4.78 is 0. The van der Waals surface area contributed by atoms with Crippen LogP contribution in [-0.4, -0.2) is 26.2 Å². The van der Waals surface area contributed by atoms with Crippen LogP contribution in [0.4, 0.5) is 5.82 Å². The maximum atomic E-state index is 10.3. The minimum Gasteiger partial charge on any atom is -0.390 e. The number of hydrogen-bond acceptors (Lipinski definition) is 4. The van der Waals surface area contributed by atoms with Crippen molar-refractivity contribution < 1.29 is 5.11 Å². The fourth-order valence-corrected chi connectivity index (χ4v) is 2.88. The molecular weight excluding hydrogens is 252 g/mol. The van der Waals surface area contributed by atoms with E-state index < -0.39 is 6.10 Å².